The maximum atomic E-state index is 10.3. The highest BCUT2D eigenvalue weighted by atomic mass is 32.2. The van der Waals surface area contributed by atoms with E-state index in [-0.39, 0.29) is 21.8 Å². The molecular weight excluding hydrogens is 1540 g/mol. The van der Waals surface area contributed by atoms with Crippen molar-refractivity contribution in [3.05, 3.63) is 467 Å². The van der Waals surface area contributed by atoms with Crippen molar-refractivity contribution >= 4 is 117 Å². The molecule has 5 heterocycles. The lowest BCUT2D eigenvalue weighted by molar-refractivity contribution is 1.12. The van der Waals surface area contributed by atoms with Crippen LogP contribution in [0.5, 0.6) is 0 Å². The SMILES string of the molecule is [2H]c1c([2H])c([2H])c2c(c1[2H])c1c([2H])c([2H])c([2H])c([2H])c1n2-c1cc2c3c(c1)N(c1c(-c4ccccc4)cc(-c4ccccc4)cc1-c1ccccc1)c1cc(-n4c5ccc(-c6ccccc6)cc5c5cc(-c6ccccc6)ccc54)ccc1B3c1cc(-c3cc(-c4ccccc4)cc(-c4ccccc4)c3)cc(-n3c4ccc(-c5ccccc5)cc4c4cc(-c5ccccc5)ccc43)c1S2. The molecule has 0 spiro atoms. The van der Waals surface area contributed by atoms with E-state index in [0.717, 1.165) is 209 Å². The molecule has 3 aromatic heterocycles. The van der Waals surface area contributed by atoms with Gasteiger partial charge in [0.15, 0.2) is 0 Å². The summed E-state index contributed by atoms with van der Waals surface area (Å²) in [4.78, 5) is 4.24. The third-order valence-corrected chi connectivity index (χ3v) is 26.9. The van der Waals surface area contributed by atoms with Gasteiger partial charge in [-0.2, -0.15) is 0 Å². The summed E-state index contributed by atoms with van der Waals surface area (Å²) in [6.07, 6.45) is 0. The van der Waals surface area contributed by atoms with Crippen LogP contribution in [-0.4, -0.2) is 20.4 Å². The maximum Gasteiger partial charge on any atom is 0.249 e. The zero-order chi connectivity index (χ0) is 89.8. The monoisotopic (exact) mass is 1620 g/mol. The Hall–Kier alpha value is -16.0. The highest BCUT2D eigenvalue weighted by molar-refractivity contribution is 8.00. The molecule has 126 heavy (non-hydrogen) atoms. The quantitative estimate of drug-likeness (QED) is 0.101. The van der Waals surface area contributed by atoms with Crippen molar-refractivity contribution in [2.75, 3.05) is 4.90 Å². The van der Waals surface area contributed by atoms with Crippen molar-refractivity contribution < 1.29 is 11.0 Å². The van der Waals surface area contributed by atoms with Crippen LogP contribution in [0.1, 0.15) is 11.0 Å². The van der Waals surface area contributed by atoms with Gasteiger partial charge in [0.05, 0.1) is 55.4 Å². The first kappa shape index (κ1) is 64.8. The molecule has 0 N–H and O–H groups in total. The van der Waals surface area contributed by atoms with Gasteiger partial charge in [-0.3, -0.25) is 0 Å². The molecule has 0 unspecified atom stereocenters. The van der Waals surface area contributed by atoms with E-state index in [1.165, 1.54) is 0 Å². The van der Waals surface area contributed by atoms with Crippen molar-refractivity contribution in [3.63, 3.8) is 0 Å². The highest BCUT2D eigenvalue weighted by Crippen LogP contribution is 2.54. The summed E-state index contributed by atoms with van der Waals surface area (Å²) in [6, 6.07) is 147. The molecule has 0 atom stereocenters. The number of hydrogen-bond donors (Lipinski definition) is 0. The van der Waals surface area contributed by atoms with E-state index in [1.54, 1.807) is 16.3 Å². The minimum Gasteiger partial charge on any atom is -0.310 e. The first-order valence-electron chi connectivity index (χ1n) is 46.8. The summed E-state index contributed by atoms with van der Waals surface area (Å²) in [5.74, 6) is 0. The van der Waals surface area contributed by atoms with Crippen LogP contribution in [0.2, 0.25) is 0 Å². The molecule has 0 fully saturated rings. The van der Waals surface area contributed by atoms with E-state index in [0.29, 0.717) is 5.69 Å². The van der Waals surface area contributed by atoms with Crippen LogP contribution in [0.3, 0.4) is 0 Å². The molecule has 20 aromatic carbocycles. The Morgan fingerprint density at radius 2 is 0.548 bits per heavy atom. The van der Waals surface area contributed by atoms with Gasteiger partial charge in [-0.1, -0.05) is 363 Å². The van der Waals surface area contributed by atoms with E-state index < -0.39 is 55.1 Å². The van der Waals surface area contributed by atoms with Crippen molar-refractivity contribution in [2.45, 2.75) is 9.79 Å². The molecule has 23 aromatic rings. The average molecular weight is 1630 g/mol. The van der Waals surface area contributed by atoms with Crippen molar-refractivity contribution in [3.8, 4) is 128 Å². The Balaban J connectivity index is 0.866. The molecule has 4 nitrogen and oxygen atoms in total. The number of para-hydroxylation sites is 2. The molecule has 2 aliphatic rings. The summed E-state index contributed by atoms with van der Waals surface area (Å²) >= 11 is 1.65. The Labute approximate surface area is 747 Å². The second kappa shape index (κ2) is 30.0. The zero-order valence-corrected chi connectivity index (χ0v) is 68.9. The molecule has 0 saturated heterocycles. The second-order valence-corrected chi connectivity index (χ2v) is 33.9. The number of nitrogens with zero attached hydrogens (tertiary/aromatic N) is 4. The van der Waals surface area contributed by atoms with Gasteiger partial charge in [-0.05, 0) is 232 Å². The van der Waals surface area contributed by atoms with E-state index >= 15 is 0 Å². The normalized spacial score (nSPS) is 13.1. The lowest BCUT2D eigenvalue weighted by atomic mass is 9.34. The lowest BCUT2D eigenvalue weighted by Gasteiger charge is -2.42. The minimum absolute atomic E-state index is 0.0142. The van der Waals surface area contributed by atoms with Gasteiger partial charge in [-0.25, -0.2) is 0 Å². The van der Waals surface area contributed by atoms with Crippen LogP contribution >= 0.6 is 11.8 Å². The molecule has 0 saturated carbocycles. The summed E-state index contributed by atoms with van der Waals surface area (Å²) in [5, 5.41) is 4.25. The Morgan fingerprint density at radius 3 is 0.952 bits per heavy atom. The third kappa shape index (κ3) is 12.2. The fourth-order valence-corrected chi connectivity index (χ4v) is 21.2. The smallest absolute Gasteiger partial charge is 0.249 e. The van der Waals surface area contributed by atoms with Gasteiger partial charge in [0.25, 0.3) is 0 Å². The summed E-state index contributed by atoms with van der Waals surface area (Å²) in [6.45, 7) is -0.616. The van der Waals surface area contributed by atoms with Crippen LogP contribution < -0.4 is 21.3 Å². The number of anilines is 3. The van der Waals surface area contributed by atoms with Gasteiger partial charge in [0.2, 0.25) is 6.71 Å². The summed E-state index contributed by atoms with van der Waals surface area (Å²) < 4.78 is 85.2. The van der Waals surface area contributed by atoms with E-state index in [1.807, 2.05) is 0 Å². The fraction of sp³-hybridized carbons (Fsp3) is 0. The average Bonchev–Trinajstić information content (AvgIpc) is 1.50. The van der Waals surface area contributed by atoms with Gasteiger partial charge in [0, 0.05) is 76.0 Å². The number of hydrogen-bond acceptors (Lipinski definition) is 2. The molecule has 2 aliphatic heterocycles. The van der Waals surface area contributed by atoms with Gasteiger partial charge < -0.3 is 18.6 Å². The van der Waals surface area contributed by atoms with Crippen LogP contribution in [0.15, 0.2) is 477 Å². The predicted molar refractivity (Wildman–Crippen MR) is 534 cm³/mol. The standard InChI is InChI=1S/C120H77BN4S/c1-10-32-78(33-11-1)87-54-60-110-102(67-87)103-68-88(79-34-12-2-13-35-79)55-61-111(103)122(110)96-58-59-106-114(75-96)125(119-100(85-46-24-8-25-47-85)71-94(84-44-22-7-23-45-84)72-101(119)86-48-26-9-27-49-86)115-76-97(123-108-52-30-28-50-98(108)99-51-29-31-53-109(99)123)77-117-118(115)121(106)107-73-95(93-65-91(82-40-18-5-19-41-82)64-92(66-93)83-42-20-6-21-43-83)74-116(120(107)126-117)124-112-62-56-89(80-36-14-3-15-37-80)69-104(112)105-70-90(57-63-113(105)124)81-38-16-4-17-39-81/h1-77H/i28D,29D,30D,31D,50D,51D,52D,53D. The van der Waals surface area contributed by atoms with Gasteiger partial charge >= 0.3 is 0 Å². The number of benzene rings is 20. The lowest BCUT2D eigenvalue weighted by Crippen LogP contribution is -2.60. The molecular formula is C120H77BN4S. The third-order valence-electron chi connectivity index (χ3n) is 25.7. The Morgan fingerprint density at radius 1 is 0.214 bits per heavy atom. The number of fused-ring (bicyclic) bond motifs is 13. The summed E-state index contributed by atoms with van der Waals surface area (Å²) in [7, 11) is 0. The van der Waals surface area contributed by atoms with Crippen LogP contribution in [-0.2, 0) is 0 Å². The van der Waals surface area contributed by atoms with Gasteiger partial charge in [-0.15, -0.1) is 0 Å². The topological polar surface area (TPSA) is 18.0 Å². The summed E-state index contributed by atoms with van der Waals surface area (Å²) in [5.41, 5.74) is 32.3. The van der Waals surface area contributed by atoms with E-state index in [2.05, 4.69) is 433 Å². The fourth-order valence-electron chi connectivity index (χ4n) is 19.9. The second-order valence-electron chi connectivity index (χ2n) is 32.8. The molecule has 6 heteroatoms. The minimum atomic E-state index is -0.616. The zero-order valence-electron chi connectivity index (χ0n) is 76.1. The molecule has 0 amide bonds. The molecule has 0 aliphatic carbocycles. The van der Waals surface area contributed by atoms with Crippen molar-refractivity contribution in [1.82, 2.24) is 13.7 Å². The van der Waals surface area contributed by atoms with Gasteiger partial charge in [0.1, 0.15) is 0 Å². The number of aromatic nitrogens is 3. The van der Waals surface area contributed by atoms with E-state index in [4.69, 9.17) is 0 Å². The molecule has 0 radical (unpaired) electrons. The van der Waals surface area contributed by atoms with Crippen LogP contribution in [0.4, 0.5) is 17.1 Å². The van der Waals surface area contributed by atoms with Crippen LogP contribution in [0, 0.1) is 0 Å². The maximum absolute atomic E-state index is 10.3. The van der Waals surface area contributed by atoms with Crippen molar-refractivity contribution in [1.29, 1.82) is 0 Å². The Bertz CT molecular complexity index is 8390. The number of rotatable bonds is 14. The van der Waals surface area contributed by atoms with E-state index in [9.17, 15) is 11.0 Å². The van der Waals surface area contributed by atoms with Crippen molar-refractivity contribution in [2.24, 2.45) is 0 Å². The van der Waals surface area contributed by atoms with Crippen LogP contribution in [0.25, 0.3) is 194 Å². The highest BCUT2D eigenvalue weighted by Gasteiger charge is 2.45. The molecule has 25 rings (SSSR count). The first-order chi connectivity index (χ1) is 65.8. The first-order valence-corrected chi connectivity index (χ1v) is 43.6. The molecule has 0 bridgehead atoms. The molecule has 586 valence electrons. The predicted octanol–water partition coefficient (Wildman–Crippen LogP) is 30.4. The largest absolute Gasteiger partial charge is 0.310 e. The Kier molecular flexibility index (Phi) is 15.4.